The van der Waals surface area contributed by atoms with Crippen LogP contribution in [0.4, 0.5) is 11.5 Å². The fourth-order valence-corrected chi connectivity index (χ4v) is 3.16. The van der Waals surface area contributed by atoms with E-state index in [2.05, 4.69) is 27.2 Å². The van der Waals surface area contributed by atoms with Crippen LogP contribution < -0.4 is 4.90 Å². The normalized spacial score (nSPS) is 15.6. The summed E-state index contributed by atoms with van der Waals surface area (Å²) in [4.78, 5) is 21.7. The summed E-state index contributed by atoms with van der Waals surface area (Å²) < 4.78 is 1.41. The molecule has 1 aliphatic rings. The van der Waals surface area contributed by atoms with Gasteiger partial charge in [-0.1, -0.05) is 24.3 Å². The minimum atomic E-state index is -0.431. The molecule has 1 saturated heterocycles. The molecule has 25 heavy (non-hydrogen) atoms. The Balaban J connectivity index is 1.86. The first kappa shape index (κ1) is 15.4. The Bertz CT molecular complexity index is 931. The van der Waals surface area contributed by atoms with Crippen molar-refractivity contribution >= 4 is 22.5 Å². The number of piperidine rings is 1. The van der Waals surface area contributed by atoms with Gasteiger partial charge in [0.1, 0.15) is 11.8 Å². The number of nitrogens with zero attached hydrogens (tertiary/aromatic N) is 7. The first-order valence-corrected chi connectivity index (χ1v) is 8.20. The Labute approximate surface area is 143 Å². The Kier molecular flexibility index (Phi) is 3.75. The molecule has 9 heteroatoms. The van der Waals surface area contributed by atoms with Crippen LogP contribution in [-0.4, -0.2) is 43.0 Å². The van der Waals surface area contributed by atoms with Gasteiger partial charge in [-0.15, -0.1) is 5.10 Å². The van der Waals surface area contributed by atoms with Crippen molar-refractivity contribution in [3.05, 3.63) is 40.7 Å². The molecule has 0 unspecified atom stereocenters. The number of para-hydroxylation sites is 1. The van der Waals surface area contributed by atoms with Crippen LogP contribution in [0.1, 0.15) is 19.8 Å². The molecule has 1 aromatic carbocycles. The molecule has 9 nitrogen and oxygen atoms in total. The van der Waals surface area contributed by atoms with E-state index in [1.165, 1.54) is 11.0 Å². The largest absolute Gasteiger partial charge is 0.355 e. The topological polar surface area (TPSA) is 103 Å². The van der Waals surface area contributed by atoms with Crippen LogP contribution in [0, 0.1) is 16.0 Å². The van der Waals surface area contributed by atoms with Gasteiger partial charge in [0, 0.05) is 13.1 Å². The average Bonchev–Trinajstić information content (AvgIpc) is 3.05. The highest BCUT2D eigenvalue weighted by atomic mass is 16.6. The Morgan fingerprint density at radius 1 is 1.16 bits per heavy atom. The number of nitro groups is 1. The van der Waals surface area contributed by atoms with Crippen molar-refractivity contribution < 1.29 is 4.92 Å². The van der Waals surface area contributed by atoms with Gasteiger partial charge >= 0.3 is 5.69 Å². The summed E-state index contributed by atoms with van der Waals surface area (Å²) >= 11 is 0. The van der Waals surface area contributed by atoms with Crippen LogP contribution in [0.5, 0.6) is 0 Å². The third kappa shape index (κ3) is 2.67. The van der Waals surface area contributed by atoms with E-state index in [1.807, 2.05) is 23.1 Å². The number of benzene rings is 1. The van der Waals surface area contributed by atoms with E-state index >= 15 is 0 Å². The molecule has 0 atom stereocenters. The zero-order valence-electron chi connectivity index (χ0n) is 13.7. The lowest BCUT2D eigenvalue weighted by atomic mass is 9.99. The van der Waals surface area contributed by atoms with Crippen molar-refractivity contribution in [2.45, 2.75) is 19.8 Å². The second-order valence-electron chi connectivity index (χ2n) is 6.29. The van der Waals surface area contributed by atoms with Gasteiger partial charge in [-0.25, -0.2) is 9.97 Å². The summed E-state index contributed by atoms with van der Waals surface area (Å²) in [6.07, 6.45) is 3.33. The predicted octanol–water partition coefficient (Wildman–Crippen LogP) is 2.36. The summed E-state index contributed by atoms with van der Waals surface area (Å²) in [5.41, 5.74) is 1.19. The molecule has 1 aliphatic heterocycles. The highest BCUT2D eigenvalue weighted by molar-refractivity contribution is 5.77. The third-order valence-corrected chi connectivity index (χ3v) is 4.60. The van der Waals surface area contributed by atoms with Crippen LogP contribution in [0.2, 0.25) is 0 Å². The SMILES string of the molecule is CC1CCN(c2ncnc(-n3nnc4ccccc43)c2[N+](=O)[O-])CC1. The molecule has 0 aliphatic carbocycles. The van der Waals surface area contributed by atoms with Crippen LogP contribution >= 0.6 is 0 Å². The number of aromatic nitrogens is 5. The van der Waals surface area contributed by atoms with Gasteiger partial charge in [-0.2, -0.15) is 4.68 Å². The zero-order chi connectivity index (χ0) is 17.4. The molecule has 0 bridgehead atoms. The minimum Gasteiger partial charge on any atom is -0.351 e. The lowest BCUT2D eigenvalue weighted by molar-refractivity contribution is -0.384. The molecule has 0 N–H and O–H groups in total. The highest BCUT2D eigenvalue weighted by Gasteiger charge is 2.30. The summed E-state index contributed by atoms with van der Waals surface area (Å²) in [5, 5.41) is 19.9. The standard InChI is InChI=1S/C16H17N7O2/c1-11-6-8-21(9-7-11)15-14(23(24)25)16(18-10-17-15)22-13-5-3-2-4-12(13)19-20-22/h2-5,10-11H,6-9H2,1H3. The molecular formula is C16H17N7O2. The highest BCUT2D eigenvalue weighted by Crippen LogP contribution is 2.33. The molecule has 2 aromatic heterocycles. The first-order chi connectivity index (χ1) is 12.1. The molecule has 0 radical (unpaired) electrons. The maximum atomic E-state index is 11.8. The fraction of sp³-hybridized carbons (Fsp3) is 0.375. The second kappa shape index (κ2) is 6.08. The Morgan fingerprint density at radius 3 is 2.64 bits per heavy atom. The lowest BCUT2D eigenvalue weighted by Gasteiger charge is -2.30. The summed E-state index contributed by atoms with van der Waals surface area (Å²) in [6.45, 7) is 3.69. The molecule has 4 rings (SSSR count). The number of hydrogen-bond donors (Lipinski definition) is 0. The van der Waals surface area contributed by atoms with Crippen molar-refractivity contribution in [1.82, 2.24) is 25.0 Å². The minimum absolute atomic E-state index is 0.132. The predicted molar refractivity (Wildman–Crippen MR) is 91.7 cm³/mol. The maximum Gasteiger partial charge on any atom is 0.355 e. The monoisotopic (exact) mass is 339 g/mol. The molecule has 0 saturated carbocycles. The van der Waals surface area contributed by atoms with Crippen molar-refractivity contribution in [3.63, 3.8) is 0 Å². The van der Waals surface area contributed by atoms with E-state index in [9.17, 15) is 10.1 Å². The first-order valence-electron chi connectivity index (χ1n) is 8.20. The van der Waals surface area contributed by atoms with Crippen LogP contribution in [0.15, 0.2) is 30.6 Å². The molecule has 0 amide bonds. The van der Waals surface area contributed by atoms with Gasteiger partial charge in [0.2, 0.25) is 11.6 Å². The van der Waals surface area contributed by atoms with E-state index in [1.54, 1.807) is 6.07 Å². The third-order valence-electron chi connectivity index (χ3n) is 4.60. The summed E-state index contributed by atoms with van der Waals surface area (Å²) in [7, 11) is 0. The average molecular weight is 339 g/mol. The van der Waals surface area contributed by atoms with Crippen LogP contribution in [0.25, 0.3) is 16.9 Å². The van der Waals surface area contributed by atoms with Crippen molar-refractivity contribution in [2.75, 3.05) is 18.0 Å². The zero-order valence-corrected chi connectivity index (χ0v) is 13.7. The van der Waals surface area contributed by atoms with E-state index in [-0.39, 0.29) is 11.5 Å². The number of hydrogen-bond acceptors (Lipinski definition) is 7. The van der Waals surface area contributed by atoms with Crippen LogP contribution in [-0.2, 0) is 0 Å². The van der Waals surface area contributed by atoms with Gasteiger partial charge in [0.05, 0.1) is 10.4 Å². The van der Waals surface area contributed by atoms with Gasteiger partial charge < -0.3 is 4.90 Å². The quantitative estimate of drug-likeness (QED) is 0.533. The Hall–Kier alpha value is -3.10. The number of fused-ring (bicyclic) bond motifs is 1. The lowest BCUT2D eigenvalue weighted by Crippen LogP contribution is -2.34. The maximum absolute atomic E-state index is 11.8. The van der Waals surface area contributed by atoms with Crippen molar-refractivity contribution in [2.24, 2.45) is 5.92 Å². The molecule has 3 aromatic rings. The molecule has 3 heterocycles. The number of rotatable bonds is 3. The van der Waals surface area contributed by atoms with Crippen molar-refractivity contribution in [1.29, 1.82) is 0 Å². The summed E-state index contributed by atoms with van der Waals surface area (Å²) in [5.74, 6) is 1.11. The molecule has 1 fully saturated rings. The van der Waals surface area contributed by atoms with E-state index in [0.29, 0.717) is 22.8 Å². The van der Waals surface area contributed by atoms with Crippen molar-refractivity contribution in [3.8, 4) is 5.82 Å². The summed E-state index contributed by atoms with van der Waals surface area (Å²) in [6, 6.07) is 7.29. The Morgan fingerprint density at radius 2 is 1.88 bits per heavy atom. The molecule has 128 valence electrons. The van der Waals surface area contributed by atoms with Crippen LogP contribution in [0.3, 0.4) is 0 Å². The van der Waals surface area contributed by atoms with Gasteiger partial charge in [0.25, 0.3) is 0 Å². The smallest absolute Gasteiger partial charge is 0.351 e. The molecular weight excluding hydrogens is 322 g/mol. The van der Waals surface area contributed by atoms with E-state index < -0.39 is 4.92 Å². The number of anilines is 1. The van der Waals surface area contributed by atoms with E-state index in [0.717, 1.165) is 25.9 Å². The van der Waals surface area contributed by atoms with Gasteiger partial charge in [-0.3, -0.25) is 10.1 Å². The van der Waals surface area contributed by atoms with Gasteiger partial charge in [-0.05, 0) is 30.9 Å². The van der Waals surface area contributed by atoms with Gasteiger partial charge in [0.15, 0.2) is 0 Å². The second-order valence-corrected chi connectivity index (χ2v) is 6.29. The fourth-order valence-electron chi connectivity index (χ4n) is 3.16. The molecule has 0 spiro atoms. The van der Waals surface area contributed by atoms with E-state index in [4.69, 9.17) is 0 Å².